The van der Waals surface area contributed by atoms with Crippen LogP contribution in [0.2, 0.25) is 0 Å². The summed E-state index contributed by atoms with van der Waals surface area (Å²) in [6, 6.07) is 18.0. The minimum absolute atomic E-state index is 0.0422. The van der Waals surface area contributed by atoms with E-state index >= 15 is 0 Å². The standard InChI is InChI=1S/C56H80N26O8S2/c57-49(58)73-9-17-83-39-5-1-3-35(43(39)87-21-13-77-53(65)66)37-25-31(27-41(85-19-11-75-51(61)62)45(37)89-23-15-79-55(69)70)47-81-33(29-91-47)7-8-34-30-92-48(82-34)32-26-38(46(90-24-16-80-56(71)72)42(28-32)86-20-12-76-52(63)64)36-4-2-6-40(84-18-10-74-50(59)60)44(36)88-22-14-78-54(67)68/h1-6,25-30H,7-24H2,(H4,57,58,73)(H4,59,60,74)(H4,61,62,75)(H4,63,64,76)(H4,65,66,77)(H4,67,68,78)(H4,69,70,79)(H4,71,72,80). The number of nitrogens with one attached hydrogen (secondary N) is 16. The molecule has 0 saturated heterocycles. The summed E-state index contributed by atoms with van der Waals surface area (Å²) in [6.07, 6.45) is 0.970. The highest BCUT2D eigenvalue weighted by molar-refractivity contribution is 7.13. The molecule has 0 bridgehead atoms. The summed E-state index contributed by atoms with van der Waals surface area (Å²) in [4.78, 5) is 10.2. The first-order chi connectivity index (χ1) is 44.3. The predicted molar refractivity (Wildman–Crippen MR) is 357 cm³/mol. The normalized spacial score (nSPS) is 10.6. The molecule has 34 nitrogen and oxygen atoms in total. The van der Waals surface area contributed by atoms with E-state index in [9.17, 15) is 0 Å². The first-order valence-corrected chi connectivity index (χ1v) is 30.2. The highest BCUT2D eigenvalue weighted by Gasteiger charge is 2.26. The van der Waals surface area contributed by atoms with E-state index in [4.69, 9.17) is 137 Å². The smallest absolute Gasteiger partial charge is 0.185 e. The fourth-order valence-electron chi connectivity index (χ4n) is 8.45. The lowest BCUT2D eigenvalue weighted by atomic mass is 9.99. The van der Waals surface area contributed by atoms with E-state index < -0.39 is 0 Å². The van der Waals surface area contributed by atoms with Crippen LogP contribution in [0, 0.1) is 43.3 Å². The van der Waals surface area contributed by atoms with Gasteiger partial charge < -0.3 is 126 Å². The average Bonchev–Trinajstić information content (AvgIpc) is 1.03. The Labute approximate surface area is 537 Å². The number of nitrogens with zero attached hydrogens (tertiary/aromatic N) is 2. The summed E-state index contributed by atoms with van der Waals surface area (Å²) in [5, 5.41) is 88.7. The van der Waals surface area contributed by atoms with E-state index in [-0.39, 0.29) is 153 Å². The molecule has 4 aromatic carbocycles. The Morgan fingerprint density at radius 3 is 0.848 bits per heavy atom. The van der Waals surface area contributed by atoms with Gasteiger partial charge in [-0.1, -0.05) is 24.3 Å². The number of aromatic nitrogens is 2. The van der Waals surface area contributed by atoms with Gasteiger partial charge in [0.25, 0.3) is 0 Å². The lowest BCUT2D eigenvalue weighted by Gasteiger charge is -2.22. The van der Waals surface area contributed by atoms with Crippen molar-refractivity contribution in [1.82, 2.24) is 52.5 Å². The SMILES string of the molecule is N=C(N)NCCOc1cccc(-c2cc(-c3nc(CCc4csc(-c5cc(OCCNC(=N)N)c(OCCNC(=N)N)c(-c6cccc(OCCNC(=N)N)c6OCCNC(=N)N)c5)n4)cs3)cc(OCCNC(=N)N)c2OCCNC(=N)N)c1OCCNC(=N)N. The van der Waals surface area contributed by atoms with E-state index in [1.807, 2.05) is 35.0 Å². The van der Waals surface area contributed by atoms with Crippen molar-refractivity contribution in [2.75, 3.05) is 105 Å². The molecule has 6 rings (SSSR count). The van der Waals surface area contributed by atoms with Crippen molar-refractivity contribution in [3.05, 3.63) is 82.8 Å². The van der Waals surface area contributed by atoms with Gasteiger partial charge in [-0.25, -0.2) is 9.97 Å². The zero-order valence-electron chi connectivity index (χ0n) is 50.3. The number of ether oxygens (including phenoxy) is 8. The van der Waals surface area contributed by atoms with Crippen LogP contribution in [-0.4, -0.2) is 163 Å². The molecule has 0 spiro atoms. The Morgan fingerprint density at radius 2 is 0.576 bits per heavy atom. The molecule has 2 aromatic heterocycles. The number of hydrogen-bond donors (Lipinski definition) is 24. The number of benzene rings is 4. The second-order valence-electron chi connectivity index (χ2n) is 19.3. The van der Waals surface area contributed by atoms with Crippen molar-refractivity contribution in [2.45, 2.75) is 12.8 Å². The van der Waals surface area contributed by atoms with Crippen LogP contribution >= 0.6 is 22.7 Å². The van der Waals surface area contributed by atoms with Gasteiger partial charge in [-0.3, -0.25) is 43.3 Å². The zero-order chi connectivity index (χ0) is 66.4. The largest absolute Gasteiger partial charge is 0.488 e. The van der Waals surface area contributed by atoms with Crippen molar-refractivity contribution in [3.8, 4) is 89.4 Å². The van der Waals surface area contributed by atoms with Gasteiger partial charge in [0.05, 0.1) is 63.7 Å². The van der Waals surface area contributed by atoms with Crippen LogP contribution in [-0.2, 0) is 12.8 Å². The number of aryl methyl sites for hydroxylation is 2. The third-order valence-corrected chi connectivity index (χ3v) is 14.1. The van der Waals surface area contributed by atoms with Crippen molar-refractivity contribution >= 4 is 70.4 Å². The monoisotopic (exact) mass is 1310 g/mol. The molecular weight excluding hydrogens is 1230 g/mol. The molecular formula is C56H80N26O8S2. The Bertz CT molecular complexity index is 3290. The summed E-state index contributed by atoms with van der Waals surface area (Å²) in [5.41, 5.74) is 49.6. The molecule has 32 N–H and O–H groups in total. The number of hydrogen-bond acceptors (Lipinski definition) is 20. The molecule has 36 heteroatoms. The minimum atomic E-state index is -0.245. The summed E-state index contributed by atoms with van der Waals surface area (Å²) in [5.74, 6) is 0.617. The number of nitrogens with two attached hydrogens (primary N) is 8. The molecule has 0 radical (unpaired) electrons. The molecule has 0 fully saturated rings. The third-order valence-electron chi connectivity index (χ3n) is 12.2. The van der Waals surface area contributed by atoms with Crippen molar-refractivity contribution in [3.63, 3.8) is 0 Å². The van der Waals surface area contributed by atoms with E-state index in [1.165, 1.54) is 22.7 Å². The van der Waals surface area contributed by atoms with Gasteiger partial charge in [-0.05, 0) is 49.2 Å². The maximum Gasteiger partial charge on any atom is 0.185 e. The van der Waals surface area contributed by atoms with E-state index in [1.54, 1.807) is 36.4 Å². The zero-order valence-corrected chi connectivity index (χ0v) is 51.9. The lowest BCUT2D eigenvalue weighted by Crippen LogP contribution is -2.34. The van der Waals surface area contributed by atoms with Crippen LogP contribution in [0.25, 0.3) is 43.4 Å². The third kappa shape index (κ3) is 23.0. The van der Waals surface area contributed by atoms with E-state index in [2.05, 4.69) is 42.5 Å². The number of para-hydroxylation sites is 2. The topological polar surface area (TPSA) is 595 Å². The molecule has 6 aromatic rings. The van der Waals surface area contributed by atoms with Crippen molar-refractivity contribution < 1.29 is 37.9 Å². The fraction of sp³-hybridized carbons (Fsp3) is 0.321. The van der Waals surface area contributed by atoms with Gasteiger partial charge in [0.1, 0.15) is 62.9 Å². The van der Waals surface area contributed by atoms with Crippen LogP contribution in [0.1, 0.15) is 11.4 Å². The summed E-state index contributed by atoms with van der Waals surface area (Å²) >= 11 is 2.82. The molecule has 0 aliphatic carbocycles. The molecule has 0 aliphatic heterocycles. The molecule has 92 heavy (non-hydrogen) atoms. The van der Waals surface area contributed by atoms with Gasteiger partial charge in [0.15, 0.2) is 93.7 Å². The summed E-state index contributed by atoms with van der Waals surface area (Å²) in [7, 11) is 0. The summed E-state index contributed by atoms with van der Waals surface area (Å²) < 4.78 is 51.0. The average molecular weight is 1310 g/mol. The summed E-state index contributed by atoms with van der Waals surface area (Å²) in [6.45, 7) is 1.99. The van der Waals surface area contributed by atoms with E-state index in [0.29, 0.717) is 102 Å². The van der Waals surface area contributed by atoms with Gasteiger partial charge in [-0.2, -0.15) is 0 Å². The van der Waals surface area contributed by atoms with Gasteiger partial charge in [0, 0.05) is 44.1 Å². The first kappa shape index (κ1) is 69.8. The molecule has 494 valence electrons. The maximum absolute atomic E-state index is 7.73. The number of thiazole rings is 2. The molecule has 0 saturated carbocycles. The van der Waals surface area contributed by atoms with E-state index in [0.717, 1.165) is 11.4 Å². The van der Waals surface area contributed by atoms with Crippen molar-refractivity contribution in [1.29, 1.82) is 43.3 Å². The van der Waals surface area contributed by atoms with Crippen LogP contribution in [0.3, 0.4) is 0 Å². The second kappa shape index (κ2) is 36.2. The fourth-order valence-corrected chi connectivity index (χ4v) is 10.1. The van der Waals surface area contributed by atoms with Crippen LogP contribution in [0.4, 0.5) is 0 Å². The van der Waals surface area contributed by atoms with Crippen LogP contribution in [0.15, 0.2) is 71.4 Å². The van der Waals surface area contributed by atoms with Crippen LogP contribution < -0.4 is 126 Å². The Kier molecular flexibility index (Phi) is 27.5. The van der Waals surface area contributed by atoms with Crippen LogP contribution in [0.5, 0.6) is 46.0 Å². The molecule has 0 atom stereocenters. The highest BCUT2D eigenvalue weighted by atomic mass is 32.1. The molecule has 2 heterocycles. The predicted octanol–water partition coefficient (Wildman–Crippen LogP) is -0.0522. The number of rotatable bonds is 39. The molecule has 0 unspecified atom stereocenters. The minimum Gasteiger partial charge on any atom is -0.488 e. The Morgan fingerprint density at radius 1 is 0.326 bits per heavy atom. The van der Waals surface area contributed by atoms with Crippen molar-refractivity contribution in [2.24, 2.45) is 45.9 Å². The van der Waals surface area contributed by atoms with Gasteiger partial charge >= 0.3 is 0 Å². The first-order valence-electron chi connectivity index (χ1n) is 28.4. The second-order valence-corrected chi connectivity index (χ2v) is 21.0. The highest BCUT2D eigenvalue weighted by Crippen LogP contribution is 2.50. The molecule has 0 amide bonds. The Hall–Kier alpha value is -11.3. The quantitative estimate of drug-likeness (QED) is 0.0137. The molecule has 0 aliphatic rings. The van der Waals surface area contributed by atoms with Gasteiger partial charge in [0.2, 0.25) is 0 Å². The lowest BCUT2D eigenvalue weighted by molar-refractivity contribution is 0.271. The number of guanidine groups is 8. The maximum atomic E-state index is 7.73. The van der Waals surface area contributed by atoms with Gasteiger partial charge in [-0.15, -0.1) is 22.7 Å². The Balaban J connectivity index is 1.40.